The van der Waals surface area contributed by atoms with Gasteiger partial charge < -0.3 is 10.2 Å². The van der Waals surface area contributed by atoms with Gasteiger partial charge >= 0.3 is 0 Å². The molecule has 1 fully saturated rings. The molecule has 0 radical (unpaired) electrons. The van der Waals surface area contributed by atoms with Gasteiger partial charge in [-0.15, -0.1) is 0 Å². The molecule has 27 heavy (non-hydrogen) atoms. The second-order valence-electron chi connectivity index (χ2n) is 7.39. The van der Waals surface area contributed by atoms with E-state index < -0.39 is 11.2 Å². The predicted molar refractivity (Wildman–Crippen MR) is 105 cm³/mol. The molecule has 1 aromatic carbocycles. The van der Waals surface area contributed by atoms with E-state index in [2.05, 4.69) is 0 Å². The molecule has 0 amide bonds. The van der Waals surface area contributed by atoms with Gasteiger partial charge in [-0.25, -0.2) is 0 Å². The molecule has 0 heterocycles. The molecular formula is C22H25ClO4. The van der Waals surface area contributed by atoms with Crippen LogP contribution < -0.4 is 0 Å². The maximum Gasteiger partial charge on any atom is 0.183 e. The maximum absolute atomic E-state index is 13.2. The van der Waals surface area contributed by atoms with Crippen LogP contribution in [0.1, 0.15) is 57.9 Å². The zero-order valence-electron chi connectivity index (χ0n) is 15.9. The molecule has 0 aromatic heterocycles. The van der Waals surface area contributed by atoms with E-state index in [-0.39, 0.29) is 34.7 Å². The average molecular weight is 389 g/mol. The number of halogens is 1. The lowest BCUT2D eigenvalue weighted by molar-refractivity contribution is -0.129. The van der Waals surface area contributed by atoms with Crippen LogP contribution >= 0.6 is 11.6 Å². The van der Waals surface area contributed by atoms with E-state index in [9.17, 15) is 19.8 Å². The molecule has 4 nitrogen and oxygen atoms in total. The highest BCUT2D eigenvalue weighted by Crippen LogP contribution is 2.52. The molecule has 2 N–H and O–H groups in total. The Balaban J connectivity index is 1.97. The first-order valence-corrected chi connectivity index (χ1v) is 9.90. The minimum atomic E-state index is -1.12. The van der Waals surface area contributed by atoms with Crippen LogP contribution in [0.2, 0.25) is 5.02 Å². The first-order valence-electron chi connectivity index (χ1n) is 9.52. The Morgan fingerprint density at radius 3 is 2.26 bits per heavy atom. The molecule has 2 aliphatic rings. The summed E-state index contributed by atoms with van der Waals surface area (Å²) in [6.07, 6.45) is 1.77. The molecule has 0 spiro atoms. The number of aliphatic hydroxyl groups is 2. The summed E-state index contributed by atoms with van der Waals surface area (Å²) in [6.45, 7) is 5.44. The van der Waals surface area contributed by atoms with Crippen LogP contribution in [0.3, 0.4) is 0 Å². The number of rotatable bonds is 6. The molecule has 1 aromatic rings. The number of aliphatic hydroxyl groups excluding tert-OH is 2. The van der Waals surface area contributed by atoms with Crippen LogP contribution in [0.4, 0.5) is 0 Å². The Morgan fingerprint density at radius 2 is 1.74 bits per heavy atom. The highest BCUT2D eigenvalue weighted by atomic mass is 35.5. The Hall–Kier alpha value is -2.07. The van der Waals surface area contributed by atoms with Crippen molar-refractivity contribution in [1.82, 2.24) is 0 Å². The summed E-state index contributed by atoms with van der Waals surface area (Å²) in [5, 5.41) is 21.9. The Bertz CT molecular complexity index is 844. The third-order valence-electron chi connectivity index (χ3n) is 6.16. The minimum absolute atomic E-state index is 0.0325. The molecule has 3 rings (SSSR count). The fourth-order valence-corrected chi connectivity index (χ4v) is 4.35. The summed E-state index contributed by atoms with van der Waals surface area (Å²) in [4.78, 5) is 26.4. The SMILES string of the molecule is CCC1=C(O)C(CC)(CC)C(=O)C(C(=O)C2CC2c2ccc(Cl)cc2)=C1O. The van der Waals surface area contributed by atoms with Crippen LogP contribution in [0, 0.1) is 11.3 Å². The zero-order valence-corrected chi connectivity index (χ0v) is 16.6. The number of ketones is 2. The summed E-state index contributed by atoms with van der Waals surface area (Å²) >= 11 is 5.92. The lowest BCUT2D eigenvalue weighted by atomic mass is 9.67. The van der Waals surface area contributed by atoms with E-state index in [1.54, 1.807) is 19.1 Å². The molecule has 5 heteroatoms. The molecule has 0 saturated heterocycles. The van der Waals surface area contributed by atoms with Crippen molar-refractivity contribution in [2.75, 3.05) is 0 Å². The van der Waals surface area contributed by atoms with Crippen molar-refractivity contribution in [3.8, 4) is 0 Å². The average Bonchev–Trinajstić information content (AvgIpc) is 3.44. The smallest absolute Gasteiger partial charge is 0.183 e. The van der Waals surface area contributed by atoms with Crippen molar-refractivity contribution in [3.63, 3.8) is 0 Å². The first-order chi connectivity index (χ1) is 12.8. The van der Waals surface area contributed by atoms with E-state index in [0.29, 0.717) is 36.3 Å². The van der Waals surface area contributed by atoms with E-state index >= 15 is 0 Å². The second-order valence-corrected chi connectivity index (χ2v) is 7.82. The monoisotopic (exact) mass is 388 g/mol. The normalized spacial score (nSPS) is 24.4. The summed E-state index contributed by atoms with van der Waals surface area (Å²) in [6, 6.07) is 7.36. The topological polar surface area (TPSA) is 74.6 Å². The van der Waals surface area contributed by atoms with Crippen molar-refractivity contribution in [3.05, 3.63) is 57.5 Å². The summed E-state index contributed by atoms with van der Waals surface area (Å²) in [7, 11) is 0. The van der Waals surface area contributed by atoms with Gasteiger partial charge in [-0.3, -0.25) is 9.59 Å². The van der Waals surface area contributed by atoms with E-state index in [1.807, 2.05) is 26.0 Å². The number of carbonyl (C=O) groups is 2. The van der Waals surface area contributed by atoms with E-state index in [0.717, 1.165) is 5.56 Å². The van der Waals surface area contributed by atoms with Gasteiger partial charge in [0.25, 0.3) is 0 Å². The molecule has 2 aliphatic carbocycles. The number of Topliss-reactive ketones (excluding diaryl/α,β-unsaturated/α-hetero) is 2. The third kappa shape index (κ3) is 3.00. The number of carbonyl (C=O) groups excluding carboxylic acids is 2. The van der Waals surface area contributed by atoms with Gasteiger partial charge in [0.1, 0.15) is 17.1 Å². The van der Waals surface area contributed by atoms with Crippen LogP contribution in [0.5, 0.6) is 0 Å². The van der Waals surface area contributed by atoms with Crippen molar-refractivity contribution >= 4 is 23.2 Å². The summed E-state index contributed by atoms with van der Waals surface area (Å²) < 4.78 is 0. The van der Waals surface area contributed by atoms with E-state index in [1.165, 1.54) is 0 Å². The molecule has 1 saturated carbocycles. The first kappa shape index (κ1) is 19.7. The Kier molecular flexibility index (Phi) is 5.22. The minimum Gasteiger partial charge on any atom is -0.511 e. The molecule has 0 bridgehead atoms. The van der Waals surface area contributed by atoms with Crippen LogP contribution in [-0.4, -0.2) is 21.8 Å². The van der Waals surface area contributed by atoms with Crippen LogP contribution in [0.15, 0.2) is 46.9 Å². The summed E-state index contributed by atoms with van der Waals surface area (Å²) in [5.41, 5.74) is 0.0698. The fraction of sp³-hybridized carbons (Fsp3) is 0.455. The zero-order chi connectivity index (χ0) is 19.9. The number of hydrogen-bond donors (Lipinski definition) is 2. The summed E-state index contributed by atoms with van der Waals surface area (Å²) in [5.74, 6) is -1.49. The molecule has 144 valence electrons. The third-order valence-corrected chi connectivity index (χ3v) is 6.41. The molecule has 2 unspecified atom stereocenters. The molecular weight excluding hydrogens is 364 g/mol. The van der Waals surface area contributed by atoms with Gasteiger partial charge in [-0.1, -0.05) is 44.5 Å². The lowest BCUT2D eigenvalue weighted by Crippen LogP contribution is -2.40. The number of allylic oxidation sites excluding steroid dienone is 3. The van der Waals surface area contributed by atoms with Gasteiger partial charge in [-0.05, 0) is 49.3 Å². The highest BCUT2D eigenvalue weighted by molar-refractivity contribution is 6.30. The largest absolute Gasteiger partial charge is 0.511 e. The van der Waals surface area contributed by atoms with Crippen molar-refractivity contribution in [1.29, 1.82) is 0 Å². The van der Waals surface area contributed by atoms with Crippen molar-refractivity contribution in [2.45, 2.75) is 52.4 Å². The molecule has 0 aliphatic heterocycles. The van der Waals surface area contributed by atoms with Gasteiger partial charge in [0, 0.05) is 16.5 Å². The predicted octanol–water partition coefficient (Wildman–Crippen LogP) is 5.44. The quantitative estimate of drug-likeness (QED) is 0.636. The maximum atomic E-state index is 13.2. The van der Waals surface area contributed by atoms with Gasteiger partial charge in [0.15, 0.2) is 11.6 Å². The second kappa shape index (κ2) is 7.16. The van der Waals surface area contributed by atoms with Crippen molar-refractivity contribution in [2.24, 2.45) is 11.3 Å². The van der Waals surface area contributed by atoms with Gasteiger partial charge in [0.2, 0.25) is 0 Å². The number of hydrogen-bond acceptors (Lipinski definition) is 4. The lowest BCUT2D eigenvalue weighted by Gasteiger charge is -2.35. The van der Waals surface area contributed by atoms with Crippen LogP contribution in [-0.2, 0) is 9.59 Å². The van der Waals surface area contributed by atoms with Gasteiger partial charge in [0.05, 0.1) is 5.41 Å². The van der Waals surface area contributed by atoms with Crippen molar-refractivity contribution < 1.29 is 19.8 Å². The van der Waals surface area contributed by atoms with Crippen LogP contribution in [0.25, 0.3) is 0 Å². The van der Waals surface area contributed by atoms with Gasteiger partial charge in [-0.2, -0.15) is 0 Å². The Morgan fingerprint density at radius 1 is 1.15 bits per heavy atom. The standard InChI is InChI=1S/C22H25ClO4/c1-4-14-18(24)17(21(27)22(5-2,6-3)20(14)26)19(25)16-11-15(16)12-7-9-13(23)10-8-12/h7-10,15-16,24,26H,4-6,11H2,1-3H3. The Labute approximate surface area is 164 Å². The highest BCUT2D eigenvalue weighted by Gasteiger charge is 2.53. The number of benzene rings is 1. The fourth-order valence-electron chi connectivity index (χ4n) is 4.22. The van der Waals surface area contributed by atoms with E-state index in [4.69, 9.17) is 11.6 Å². The molecule has 2 atom stereocenters.